The van der Waals surface area contributed by atoms with Crippen molar-refractivity contribution in [2.75, 3.05) is 10.9 Å². The Kier molecular flexibility index (Phi) is 9.21. The SMILES string of the molecule is CC(=C/c1ccccc1)/C=N/Nc1ccc(S(=O)(=O)c2ccc(N/N=C/C(C)=C\c3ccccc3)cc2)cc1. The Balaban J connectivity index is 1.34. The molecule has 0 aromatic heterocycles. The summed E-state index contributed by atoms with van der Waals surface area (Å²) in [7, 11) is -3.66. The second kappa shape index (κ2) is 13.2. The Morgan fingerprint density at radius 2 is 0.923 bits per heavy atom. The molecule has 6 nitrogen and oxygen atoms in total. The summed E-state index contributed by atoms with van der Waals surface area (Å²) in [5.41, 5.74) is 11.4. The first kappa shape index (κ1) is 27.3. The third kappa shape index (κ3) is 8.12. The third-order valence-corrected chi connectivity index (χ3v) is 7.43. The third-order valence-electron chi connectivity index (χ3n) is 5.64. The van der Waals surface area contributed by atoms with Gasteiger partial charge in [-0.25, -0.2) is 8.42 Å². The summed E-state index contributed by atoms with van der Waals surface area (Å²) in [5, 5.41) is 8.48. The molecule has 0 radical (unpaired) electrons. The number of hydrogen-bond donors (Lipinski definition) is 2. The van der Waals surface area contributed by atoms with Crippen LogP contribution in [0.1, 0.15) is 25.0 Å². The molecule has 0 aliphatic carbocycles. The minimum Gasteiger partial charge on any atom is -0.279 e. The molecule has 0 aliphatic heterocycles. The van der Waals surface area contributed by atoms with Crippen molar-refractivity contribution in [2.24, 2.45) is 10.2 Å². The Labute approximate surface area is 230 Å². The molecule has 0 unspecified atom stereocenters. The largest absolute Gasteiger partial charge is 0.279 e. The van der Waals surface area contributed by atoms with Crippen LogP contribution in [0, 0.1) is 0 Å². The van der Waals surface area contributed by atoms with E-state index in [2.05, 4.69) is 21.1 Å². The van der Waals surface area contributed by atoms with E-state index in [1.54, 1.807) is 61.0 Å². The fourth-order valence-corrected chi connectivity index (χ4v) is 4.93. The van der Waals surface area contributed by atoms with Crippen LogP contribution in [0.25, 0.3) is 12.2 Å². The predicted octanol–water partition coefficient (Wildman–Crippen LogP) is 7.52. The molecular formula is C32H30N4O2S. The normalized spacial score (nSPS) is 12.7. The van der Waals surface area contributed by atoms with Gasteiger partial charge in [0.05, 0.1) is 33.6 Å². The predicted molar refractivity (Wildman–Crippen MR) is 163 cm³/mol. The van der Waals surface area contributed by atoms with Crippen LogP contribution >= 0.6 is 0 Å². The molecule has 0 fully saturated rings. The zero-order chi connectivity index (χ0) is 27.5. The molecule has 0 aliphatic rings. The standard InChI is InChI=1S/C32H30N4O2S/c1-25(21-27-9-5-3-6-10-27)23-33-35-29-13-17-31(18-14-29)39(37,38)32-19-15-30(16-20-32)36-34-24-26(2)22-28-11-7-4-8-12-28/h3-24,35-36H,1-2H3/b25-21-,26-22-,33-23+,34-24+. The molecule has 39 heavy (non-hydrogen) atoms. The molecule has 0 spiro atoms. The van der Waals surface area contributed by atoms with Gasteiger partial charge in [0.15, 0.2) is 0 Å². The molecule has 4 rings (SSSR count). The first-order valence-corrected chi connectivity index (χ1v) is 13.9. The zero-order valence-electron chi connectivity index (χ0n) is 21.8. The maximum absolute atomic E-state index is 13.1. The number of rotatable bonds is 10. The van der Waals surface area contributed by atoms with Crippen molar-refractivity contribution in [3.8, 4) is 0 Å². The lowest BCUT2D eigenvalue weighted by Crippen LogP contribution is -2.02. The lowest BCUT2D eigenvalue weighted by molar-refractivity contribution is 0.596. The average molecular weight is 535 g/mol. The number of benzene rings is 4. The molecule has 7 heteroatoms. The molecule has 4 aromatic rings. The first-order valence-electron chi connectivity index (χ1n) is 12.4. The topological polar surface area (TPSA) is 82.9 Å². The van der Waals surface area contributed by atoms with Gasteiger partial charge in [0, 0.05) is 0 Å². The second-order valence-electron chi connectivity index (χ2n) is 8.89. The van der Waals surface area contributed by atoms with Crippen LogP contribution < -0.4 is 10.9 Å². The quantitative estimate of drug-likeness (QED) is 0.163. The van der Waals surface area contributed by atoms with Gasteiger partial charge in [-0.05, 0) is 84.7 Å². The fourth-order valence-electron chi connectivity index (χ4n) is 3.67. The molecule has 0 bridgehead atoms. The van der Waals surface area contributed by atoms with E-state index in [1.807, 2.05) is 86.7 Å². The lowest BCUT2D eigenvalue weighted by Gasteiger charge is -2.07. The van der Waals surface area contributed by atoms with Gasteiger partial charge in [0.2, 0.25) is 9.84 Å². The van der Waals surface area contributed by atoms with E-state index in [-0.39, 0.29) is 9.79 Å². The van der Waals surface area contributed by atoms with Crippen molar-refractivity contribution in [3.63, 3.8) is 0 Å². The minimum atomic E-state index is -3.66. The molecule has 0 heterocycles. The Morgan fingerprint density at radius 3 is 1.28 bits per heavy atom. The molecule has 0 saturated carbocycles. The molecule has 196 valence electrons. The molecule has 0 saturated heterocycles. The van der Waals surface area contributed by atoms with E-state index in [4.69, 9.17) is 0 Å². The van der Waals surface area contributed by atoms with Gasteiger partial charge in [-0.1, -0.05) is 72.8 Å². The summed E-state index contributed by atoms with van der Waals surface area (Å²) >= 11 is 0. The summed E-state index contributed by atoms with van der Waals surface area (Å²) < 4.78 is 26.2. The Hall–Kier alpha value is -4.75. The summed E-state index contributed by atoms with van der Waals surface area (Å²) in [6, 6.07) is 33.0. The number of nitrogens with zero attached hydrogens (tertiary/aromatic N) is 2. The number of hydrogen-bond acceptors (Lipinski definition) is 6. The van der Waals surface area contributed by atoms with E-state index in [1.165, 1.54) is 0 Å². The first-order chi connectivity index (χ1) is 18.9. The Morgan fingerprint density at radius 1 is 0.564 bits per heavy atom. The van der Waals surface area contributed by atoms with Crippen LogP contribution in [0.2, 0.25) is 0 Å². The van der Waals surface area contributed by atoms with Crippen molar-refractivity contribution in [1.82, 2.24) is 0 Å². The summed E-state index contributed by atoms with van der Waals surface area (Å²) in [4.78, 5) is 0.412. The highest BCUT2D eigenvalue weighted by atomic mass is 32.2. The second-order valence-corrected chi connectivity index (χ2v) is 10.8. The van der Waals surface area contributed by atoms with Gasteiger partial charge >= 0.3 is 0 Å². The van der Waals surface area contributed by atoms with E-state index >= 15 is 0 Å². The van der Waals surface area contributed by atoms with Gasteiger partial charge in [-0.15, -0.1) is 0 Å². The van der Waals surface area contributed by atoms with Crippen molar-refractivity contribution >= 4 is 45.8 Å². The van der Waals surface area contributed by atoms with Crippen LogP contribution in [0.4, 0.5) is 11.4 Å². The number of sulfone groups is 1. The average Bonchev–Trinajstić information content (AvgIpc) is 2.95. The summed E-state index contributed by atoms with van der Waals surface area (Å²) in [5.74, 6) is 0. The molecule has 0 amide bonds. The Bertz CT molecular complexity index is 1470. The maximum Gasteiger partial charge on any atom is 0.206 e. The minimum absolute atomic E-state index is 0.206. The maximum atomic E-state index is 13.1. The fraction of sp³-hybridized carbons (Fsp3) is 0.0625. The van der Waals surface area contributed by atoms with Crippen LogP contribution in [0.5, 0.6) is 0 Å². The van der Waals surface area contributed by atoms with Crippen LogP contribution in [0.15, 0.2) is 140 Å². The lowest BCUT2D eigenvalue weighted by atomic mass is 10.1. The van der Waals surface area contributed by atoms with Crippen LogP contribution in [-0.2, 0) is 9.84 Å². The van der Waals surface area contributed by atoms with Gasteiger partial charge < -0.3 is 0 Å². The number of allylic oxidation sites excluding steroid dienone is 2. The summed E-state index contributed by atoms with van der Waals surface area (Å²) in [6.45, 7) is 3.93. The van der Waals surface area contributed by atoms with E-state index < -0.39 is 9.84 Å². The van der Waals surface area contributed by atoms with E-state index in [0.717, 1.165) is 22.3 Å². The van der Waals surface area contributed by atoms with Crippen molar-refractivity contribution < 1.29 is 8.42 Å². The van der Waals surface area contributed by atoms with Crippen LogP contribution in [0.3, 0.4) is 0 Å². The molecule has 2 N–H and O–H groups in total. The highest BCUT2D eigenvalue weighted by Gasteiger charge is 2.17. The number of nitrogens with one attached hydrogen (secondary N) is 2. The van der Waals surface area contributed by atoms with E-state index in [9.17, 15) is 8.42 Å². The summed E-state index contributed by atoms with van der Waals surface area (Å²) in [6.07, 6.45) is 7.49. The van der Waals surface area contributed by atoms with Gasteiger partial charge in [0.25, 0.3) is 0 Å². The van der Waals surface area contributed by atoms with Crippen molar-refractivity contribution in [2.45, 2.75) is 23.6 Å². The molecule has 4 aromatic carbocycles. The van der Waals surface area contributed by atoms with Crippen molar-refractivity contribution in [3.05, 3.63) is 131 Å². The monoisotopic (exact) mass is 534 g/mol. The van der Waals surface area contributed by atoms with Gasteiger partial charge in [-0.3, -0.25) is 10.9 Å². The van der Waals surface area contributed by atoms with Crippen molar-refractivity contribution in [1.29, 1.82) is 0 Å². The number of hydrazone groups is 2. The molecular weight excluding hydrogens is 504 g/mol. The number of anilines is 2. The molecule has 0 atom stereocenters. The van der Waals surface area contributed by atoms with Crippen LogP contribution in [-0.4, -0.2) is 20.8 Å². The highest BCUT2D eigenvalue weighted by molar-refractivity contribution is 7.91. The smallest absolute Gasteiger partial charge is 0.206 e. The zero-order valence-corrected chi connectivity index (χ0v) is 22.6. The van der Waals surface area contributed by atoms with Gasteiger partial charge in [-0.2, -0.15) is 10.2 Å². The van der Waals surface area contributed by atoms with E-state index in [0.29, 0.717) is 11.4 Å². The highest BCUT2D eigenvalue weighted by Crippen LogP contribution is 2.24. The van der Waals surface area contributed by atoms with Gasteiger partial charge in [0.1, 0.15) is 0 Å².